The number of fused-ring (bicyclic) bond motifs is 1. The molecule has 0 spiro atoms. The zero-order valence-electron chi connectivity index (χ0n) is 15.1. The Morgan fingerprint density at radius 3 is 2.85 bits per heavy atom. The summed E-state index contributed by atoms with van der Waals surface area (Å²) in [6, 6.07) is 7.65. The Hall–Kier alpha value is -3.06. The lowest BCUT2D eigenvalue weighted by Gasteiger charge is -2.06. The maximum atomic E-state index is 12.5. The minimum Gasteiger partial charge on any atom is -0.348 e. The lowest BCUT2D eigenvalue weighted by Crippen LogP contribution is -2.22. The first-order chi connectivity index (χ1) is 13.1. The van der Waals surface area contributed by atoms with E-state index in [2.05, 4.69) is 27.3 Å². The lowest BCUT2D eigenvalue weighted by atomic mass is 10.1. The zero-order valence-corrected chi connectivity index (χ0v) is 16.0. The van der Waals surface area contributed by atoms with Gasteiger partial charge in [-0.3, -0.25) is 14.5 Å². The van der Waals surface area contributed by atoms with E-state index in [9.17, 15) is 4.79 Å². The van der Waals surface area contributed by atoms with Gasteiger partial charge in [-0.05, 0) is 36.2 Å². The summed E-state index contributed by atoms with van der Waals surface area (Å²) in [6.07, 6.45) is 8.20. The van der Waals surface area contributed by atoms with E-state index >= 15 is 0 Å². The van der Waals surface area contributed by atoms with Crippen molar-refractivity contribution < 1.29 is 4.79 Å². The first kappa shape index (κ1) is 17.4. The monoisotopic (exact) mass is 377 g/mol. The number of hydrogen-bond donors (Lipinski definition) is 1. The molecule has 3 aromatic heterocycles. The second-order valence-corrected chi connectivity index (χ2v) is 7.43. The quantitative estimate of drug-likeness (QED) is 0.577. The summed E-state index contributed by atoms with van der Waals surface area (Å²) in [6.45, 7) is 2.50. The number of aryl methyl sites for hydroxylation is 2. The molecule has 27 heavy (non-hydrogen) atoms. The van der Waals surface area contributed by atoms with Gasteiger partial charge in [0.2, 0.25) is 0 Å². The average Bonchev–Trinajstić information content (AvgIpc) is 3.31. The smallest absolute Gasteiger partial charge is 0.251 e. The van der Waals surface area contributed by atoms with Crippen molar-refractivity contribution in [3.05, 3.63) is 65.2 Å². The van der Waals surface area contributed by atoms with Crippen LogP contribution in [0.4, 0.5) is 0 Å². The second kappa shape index (κ2) is 7.28. The number of carbonyl (C=O) groups excluding carboxylic acids is 1. The van der Waals surface area contributed by atoms with Crippen molar-refractivity contribution in [2.75, 3.05) is 0 Å². The number of benzene rings is 1. The highest BCUT2D eigenvalue weighted by Gasteiger charge is 2.10. The molecule has 136 valence electrons. The zero-order chi connectivity index (χ0) is 18.8. The van der Waals surface area contributed by atoms with E-state index in [0.29, 0.717) is 12.1 Å². The van der Waals surface area contributed by atoms with E-state index in [0.717, 1.165) is 38.3 Å². The van der Waals surface area contributed by atoms with E-state index in [4.69, 9.17) is 0 Å². The lowest BCUT2D eigenvalue weighted by molar-refractivity contribution is 0.0951. The van der Waals surface area contributed by atoms with Crippen LogP contribution in [0.2, 0.25) is 0 Å². The molecule has 0 aliphatic heterocycles. The third-order valence-corrected chi connectivity index (χ3v) is 5.45. The number of rotatable bonds is 5. The van der Waals surface area contributed by atoms with Gasteiger partial charge >= 0.3 is 0 Å². The number of pyridine rings is 1. The highest BCUT2D eigenvalue weighted by atomic mass is 32.1. The van der Waals surface area contributed by atoms with Gasteiger partial charge in [-0.25, -0.2) is 4.98 Å². The number of aromatic nitrogens is 4. The summed E-state index contributed by atoms with van der Waals surface area (Å²) in [7, 11) is 1.88. The Kier molecular flexibility index (Phi) is 4.68. The molecular weight excluding hydrogens is 358 g/mol. The summed E-state index contributed by atoms with van der Waals surface area (Å²) < 4.78 is 2.79. The van der Waals surface area contributed by atoms with Crippen molar-refractivity contribution in [2.24, 2.45) is 7.05 Å². The Morgan fingerprint density at radius 2 is 2.07 bits per heavy atom. The molecule has 0 bridgehead atoms. The molecule has 4 rings (SSSR count). The second-order valence-electron chi connectivity index (χ2n) is 6.31. The summed E-state index contributed by atoms with van der Waals surface area (Å²) >= 11 is 1.64. The fraction of sp³-hybridized carbons (Fsp3) is 0.200. The summed E-state index contributed by atoms with van der Waals surface area (Å²) in [5.74, 6) is -0.102. The Labute approximate surface area is 160 Å². The molecule has 0 saturated heterocycles. The minimum atomic E-state index is -0.102. The summed E-state index contributed by atoms with van der Waals surface area (Å²) in [5.41, 5.74) is 4.51. The molecular formula is C20H19N5OS. The third-order valence-electron chi connectivity index (χ3n) is 4.28. The molecule has 1 amide bonds. The molecule has 0 unspecified atom stereocenters. The van der Waals surface area contributed by atoms with Gasteiger partial charge in [0.25, 0.3) is 5.91 Å². The Bertz CT molecular complexity index is 1110. The fourth-order valence-electron chi connectivity index (χ4n) is 2.86. The van der Waals surface area contributed by atoms with E-state index in [1.807, 2.05) is 37.5 Å². The summed E-state index contributed by atoms with van der Waals surface area (Å²) in [5, 5.41) is 8.24. The molecule has 0 aliphatic rings. The van der Waals surface area contributed by atoms with Gasteiger partial charge in [0.1, 0.15) is 0 Å². The van der Waals surface area contributed by atoms with Crippen LogP contribution in [-0.4, -0.2) is 25.7 Å². The molecule has 0 saturated carbocycles. The van der Waals surface area contributed by atoms with Crippen molar-refractivity contribution in [3.63, 3.8) is 0 Å². The average molecular weight is 377 g/mol. The molecule has 0 aliphatic carbocycles. The van der Waals surface area contributed by atoms with Gasteiger partial charge < -0.3 is 5.32 Å². The molecule has 0 atom stereocenters. The van der Waals surface area contributed by atoms with Crippen LogP contribution in [0.15, 0.2) is 49.1 Å². The van der Waals surface area contributed by atoms with Crippen LogP contribution in [-0.2, 0) is 20.0 Å². The van der Waals surface area contributed by atoms with Crippen LogP contribution in [0.3, 0.4) is 0 Å². The molecule has 0 radical (unpaired) electrons. The first-order valence-electron chi connectivity index (χ1n) is 8.73. The van der Waals surface area contributed by atoms with Crippen molar-refractivity contribution in [1.82, 2.24) is 25.1 Å². The molecule has 7 heteroatoms. The van der Waals surface area contributed by atoms with Crippen molar-refractivity contribution in [1.29, 1.82) is 0 Å². The molecule has 0 fully saturated rings. The van der Waals surface area contributed by atoms with E-state index in [1.54, 1.807) is 34.6 Å². The van der Waals surface area contributed by atoms with Gasteiger partial charge in [0.05, 0.1) is 21.4 Å². The third kappa shape index (κ3) is 3.73. The largest absolute Gasteiger partial charge is 0.348 e. The fourth-order valence-corrected chi connectivity index (χ4v) is 3.81. The molecule has 1 aromatic carbocycles. The topological polar surface area (TPSA) is 72.7 Å². The first-order valence-corrected chi connectivity index (χ1v) is 9.54. The van der Waals surface area contributed by atoms with Gasteiger partial charge in [0, 0.05) is 48.9 Å². The van der Waals surface area contributed by atoms with Crippen LogP contribution in [0, 0.1) is 0 Å². The normalized spacial score (nSPS) is 11.0. The maximum absolute atomic E-state index is 12.5. The number of nitrogens with one attached hydrogen (secondary N) is 1. The molecule has 1 N–H and O–H groups in total. The Morgan fingerprint density at radius 1 is 1.19 bits per heavy atom. The van der Waals surface area contributed by atoms with E-state index in [1.165, 1.54) is 0 Å². The van der Waals surface area contributed by atoms with Crippen molar-refractivity contribution in [3.8, 4) is 11.1 Å². The molecule has 6 nitrogen and oxygen atoms in total. The SMILES string of the molecule is CCc1nc2ccc(C(=O)NCc3cncc(-c4cnn(C)c4)c3)cc2s1. The molecule has 4 aromatic rings. The van der Waals surface area contributed by atoms with Crippen molar-refractivity contribution >= 4 is 27.5 Å². The number of amides is 1. The van der Waals surface area contributed by atoms with Crippen LogP contribution in [0.5, 0.6) is 0 Å². The predicted molar refractivity (Wildman–Crippen MR) is 107 cm³/mol. The van der Waals surface area contributed by atoms with Gasteiger partial charge in [-0.2, -0.15) is 5.10 Å². The van der Waals surface area contributed by atoms with Crippen LogP contribution in [0.1, 0.15) is 27.9 Å². The van der Waals surface area contributed by atoms with Crippen LogP contribution in [0.25, 0.3) is 21.3 Å². The van der Waals surface area contributed by atoms with E-state index in [-0.39, 0.29) is 5.91 Å². The number of hydrogen-bond acceptors (Lipinski definition) is 5. The predicted octanol–water partition coefficient (Wildman–Crippen LogP) is 3.58. The van der Waals surface area contributed by atoms with Gasteiger partial charge in [-0.1, -0.05) is 6.92 Å². The summed E-state index contributed by atoms with van der Waals surface area (Å²) in [4.78, 5) is 21.4. The van der Waals surface area contributed by atoms with Gasteiger partial charge in [-0.15, -0.1) is 11.3 Å². The van der Waals surface area contributed by atoms with Crippen molar-refractivity contribution in [2.45, 2.75) is 19.9 Å². The number of nitrogens with zero attached hydrogens (tertiary/aromatic N) is 4. The highest BCUT2D eigenvalue weighted by molar-refractivity contribution is 7.18. The minimum absolute atomic E-state index is 0.102. The van der Waals surface area contributed by atoms with Crippen LogP contribution >= 0.6 is 11.3 Å². The van der Waals surface area contributed by atoms with Gasteiger partial charge in [0.15, 0.2) is 0 Å². The molecule has 3 heterocycles. The number of carbonyl (C=O) groups is 1. The Balaban J connectivity index is 1.47. The maximum Gasteiger partial charge on any atom is 0.251 e. The standard InChI is InChI=1S/C20H19N5OS/c1-3-19-24-17-5-4-14(7-18(17)27-19)20(26)22-9-13-6-15(10-21-8-13)16-11-23-25(2)12-16/h4-8,10-12H,3,9H2,1-2H3,(H,22,26). The number of thiazole rings is 1. The van der Waals surface area contributed by atoms with Crippen LogP contribution < -0.4 is 5.32 Å². The van der Waals surface area contributed by atoms with E-state index < -0.39 is 0 Å². The highest BCUT2D eigenvalue weighted by Crippen LogP contribution is 2.24.